The van der Waals surface area contributed by atoms with E-state index in [0.717, 1.165) is 23.8 Å². The molecule has 2 N–H and O–H groups in total. The van der Waals surface area contributed by atoms with Crippen molar-refractivity contribution in [2.45, 2.75) is 26.3 Å². The third-order valence-electron chi connectivity index (χ3n) is 3.18. The lowest BCUT2D eigenvalue weighted by atomic mass is 10.0. The van der Waals surface area contributed by atoms with Gasteiger partial charge in [0, 0.05) is 6.54 Å². The van der Waals surface area contributed by atoms with E-state index in [1.165, 1.54) is 0 Å². The molecule has 1 aromatic rings. The Morgan fingerprint density at radius 2 is 1.95 bits per heavy atom. The molecule has 0 spiro atoms. The SMILES string of the molecule is CCC(CNC)C(=O)NC(C=O)c1ccc(C)cc1. The first-order valence-corrected chi connectivity index (χ1v) is 6.59. The van der Waals surface area contributed by atoms with Gasteiger partial charge in [0.05, 0.1) is 5.92 Å². The van der Waals surface area contributed by atoms with Crippen LogP contribution in [0.2, 0.25) is 0 Å². The molecule has 104 valence electrons. The minimum atomic E-state index is -0.570. The van der Waals surface area contributed by atoms with Crippen LogP contribution in [0.1, 0.15) is 30.5 Å². The number of amides is 1. The molecule has 0 heterocycles. The van der Waals surface area contributed by atoms with Gasteiger partial charge in [-0.1, -0.05) is 36.8 Å². The Bertz CT molecular complexity index is 415. The van der Waals surface area contributed by atoms with Crippen molar-refractivity contribution in [3.05, 3.63) is 35.4 Å². The van der Waals surface area contributed by atoms with Crippen molar-refractivity contribution in [2.24, 2.45) is 5.92 Å². The molecule has 0 aliphatic rings. The quantitative estimate of drug-likeness (QED) is 0.734. The number of carbonyl (C=O) groups excluding carboxylic acids is 2. The zero-order chi connectivity index (χ0) is 14.3. The van der Waals surface area contributed by atoms with Crippen LogP contribution in [-0.4, -0.2) is 25.8 Å². The van der Waals surface area contributed by atoms with Gasteiger partial charge in [-0.25, -0.2) is 0 Å². The van der Waals surface area contributed by atoms with Gasteiger partial charge in [0.25, 0.3) is 0 Å². The average molecular weight is 262 g/mol. The minimum absolute atomic E-state index is 0.0884. The highest BCUT2D eigenvalue weighted by Gasteiger charge is 2.20. The van der Waals surface area contributed by atoms with Crippen LogP contribution in [0.4, 0.5) is 0 Å². The van der Waals surface area contributed by atoms with Crippen LogP contribution in [0, 0.1) is 12.8 Å². The first-order valence-electron chi connectivity index (χ1n) is 6.59. The molecule has 1 aromatic carbocycles. The highest BCUT2D eigenvalue weighted by molar-refractivity contribution is 5.82. The van der Waals surface area contributed by atoms with E-state index < -0.39 is 6.04 Å². The topological polar surface area (TPSA) is 58.2 Å². The lowest BCUT2D eigenvalue weighted by Gasteiger charge is -2.18. The Kier molecular flexibility index (Phi) is 6.22. The minimum Gasteiger partial charge on any atom is -0.342 e. The number of hydrogen-bond acceptors (Lipinski definition) is 3. The standard InChI is InChI=1S/C15H22N2O2/c1-4-12(9-16-3)15(19)17-14(10-18)13-7-5-11(2)6-8-13/h5-8,10,12,14,16H,4,9H2,1-3H3,(H,17,19). The Hall–Kier alpha value is -1.68. The fourth-order valence-corrected chi connectivity index (χ4v) is 1.91. The maximum Gasteiger partial charge on any atom is 0.225 e. The van der Waals surface area contributed by atoms with E-state index in [1.807, 2.05) is 45.2 Å². The van der Waals surface area contributed by atoms with Gasteiger partial charge < -0.3 is 15.4 Å². The predicted molar refractivity (Wildman–Crippen MR) is 75.8 cm³/mol. The van der Waals surface area contributed by atoms with E-state index in [4.69, 9.17) is 0 Å². The van der Waals surface area contributed by atoms with Gasteiger partial charge in [0.1, 0.15) is 12.3 Å². The van der Waals surface area contributed by atoms with E-state index >= 15 is 0 Å². The normalized spacial score (nSPS) is 13.6. The first kappa shape index (κ1) is 15.4. The van der Waals surface area contributed by atoms with E-state index in [2.05, 4.69) is 10.6 Å². The number of benzene rings is 1. The number of carbonyl (C=O) groups is 2. The summed E-state index contributed by atoms with van der Waals surface area (Å²) in [6, 6.07) is 7.03. The summed E-state index contributed by atoms with van der Waals surface area (Å²) in [6.07, 6.45) is 1.51. The van der Waals surface area contributed by atoms with Crippen LogP contribution < -0.4 is 10.6 Å². The molecule has 0 aliphatic carbocycles. The summed E-state index contributed by atoms with van der Waals surface area (Å²) in [5.74, 6) is -0.201. The third kappa shape index (κ3) is 4.48. The van der Waals surface area contributed by atoms with Gasteiger partial charge in [-0.15, -0.1) is 0 Å². The van der Waals surface area contributed by atoms with E-state index in [9.17, 15) is 9.59 Å². The van der Waals surface area contributed by atoms with Gasteiger partial charge in [0.15, 0.2) is 0 Å². The molecule has 0 bridgehead atoms. The maximum absolute atomic E-state index is 12.1. The van der Waals surface area contributed by atoms with Crippen LogP contribution in [0.25, 0.3) is 0 Å². The Morgan fingerprint density at radius 3 is 2.42 bits per heavy atom. The van der Waals surface area contributed by atoms with Crippen molar-refractivity contribution in [1.29, 1.82) is 0 Å². The molecule has 1 rings (SSSR count). The second-order valence-corrected chi connectivity index (χ2v) is 4.70. The Labute approximate surface area is 114 Å². The lowest BCUT2D eigenvalue weighted by Crippen LogP contribution is -2.38. The smallest absolute Gasteiger partial charge is 0.225 e. The predicted octanol–water partition coefficient (Wildman–Crippen LogP) is 1.60. The molecule has 2 atom stereocenters. The summed E-state index contributed by atoms with van der Waals surface area (Å²) in [5, 5.41) is 5.78. The zero-order valence-corrected chi connectivity index (χ0v) is 11.8. The first-order chi connectivity index (χ1) is 9.12. The largest absolute Gasteiger partial charge is 0.342 e. The fourth-order valence-electron chi connectivity index (χ4n) is 1.91. The van der Waals surface area contributed by atoms with Crippen molar-refractivity contribution in [3.8, 4) is 0 Å². The number of hydrogen-bond donors (Lipinski definition) is 2. The van der Waals surface area contributed by atoms with Crippen molar-refractivity contribution >= 4 is 12.2 Å². The van der Waals surface area contributed by atoms with Gasteiger partial charge in [-0.3, -0.25) is 4.79 Å². The highest BCUT2D eigenvalue weighted by Crippen LogP contribution is 2.13. The van der Waals surface area contributed by atoms with Crippen LogP contribution in [-0.2, 0) is 9.59 Å². The third-order valence-corrected chi connectivity index (χ3v) is 3.18. The Balaban J connectivity index is 2.73. The Morgan fingerprint density at radius 1 is 1.32 bits per heavy atom. The average Bonchev–Trinajstić information content (AvgIpc) is 2.43. The van der Waals surface area contributed by atoms with Gasteiger partial charge in [0.2, 0.25) is 5.91 Å². The fraction of sp³-hybridized carbons (Fsp3) is 0.467. The molecular weight excluding hydrogens is 240 g/mol. The lowest BCUT2D eigenvalue weighted by molar-refractivity contribution is -0.127. The van der Waals surface area contributed by atoms with Gasteiger partial charge in [-0.2, -0.15) is 0 Å². The van der Waals surface area contributed by atoms with Crippen molar-refractivity contribution in [1.82, 2.24) is 10.6 Å². The number of rotatable bonds is 7. The van der Waals surface area contributed by atoms with Crippen LogP contribution in [0.5, 0.6) is 0 Å². The highest BCUT2D eigenvalue weighted by atomic mass is 16.2. The summed E-state index contributed by atoms with van der Waals surface area (Å²) in [7, 11) is 1.81. The maximum atomic E-state index is 12.1. The molecule has 0 saturated carbocycles. The summed E-state index contributed by atoms with van der Waals surface area (Å²) in [5.41, 5.74) is 1.94. The summed E-state index contributed by atoms with van der Waals surface area (Å²) >= 11 is 0. The molecule has 0 fully saturated rings. The molecule has 1 amide bonds. The van der Waals surface area contributed by atoms with Crippen LogP contribution >= 0.6 is 0 Å². The zero-order valence-electron chi connectivity index (χ0n) is 11.8. The van der Waals surface area contributed by atoms with Gasteiger partial charge >= 0.3 is 0 Å². The van der Waals surface area contributed by atoms with E-state index in [0.29, 0.717) is 6.54 Å². The molecule has 0 radical (unpaired) electrons. The molecule has 0 saturated heterocycles. The molecule has 4 heteroatoms. The molecule has 0 aromatic heterocycles. The van der Waals surface area contributed by atoms with Gasteiger partial charge in [-0.05, 0) is 26.0 Å². The molecule has 0 aliphatic heterocycles. The van der Waals surface area contributed by atoms with Crippen molar-refractivity contribution in [3.63, 3.8) is 0 Å². The van der Waals surface area contributed by atoms with Crippen LogP contribution in [0.3, 0.4) is 0 Å². The van der Waals surface area contributed by atoms with Crippen molar-refractivity contribution < 1.29 is 9.59 Å². The molecular formula is C15H22N2O2. The summed E-state index contributed by atoms with van der Waals surface area (Å²) in [6.45, 7) is 4.56. The monoisotopic (exact) mass is 262 g/mol. The van der Waals surface area contributed by atoms with E-state index in [1.54, 1.807) is 0 Å². The second kappa shape index (κ2) is 7.69. The molecule has 4 nitrogen and oxygen atoms in total. The molecule has 19 heavy (non-hydrogen) atoms. The number of nitrogens with one attached hydrogen (secondary N) is 2. The molecule has 2 unspecified atom stereocenters. The van der Waals surface area contributed by atoms with Crippen LogP contribution in [0.15, 0.2) is 24.3 Å². The number of aldehydes is 1. The summed E-state index contributed by atoms with van der Waals surface area (Å²) in [4.78, 5) is 23.2. The summed E-state index contributed by atoms with van der Waals surface area (Å²) < 4.78 is 0. The number of aryl methyl sites for hydroxylation is 1. The second-order valence-electron chi connectivity index (χ2n) is 4.70. The van der Waals surface area contributed by atoms with E-state index in [-0.39, 0.29) is 11.8 Å². The van der Waals surface area contributed by atoms with Crippen molar-refractivity contribution in [2.75, 3.05) is 13.6 Å².